The fourth-order valence-electron chi connectivity index (χ4n) is 1.89. The number of thiophene rings is 1. The van der Waals surface area contributed by atoms with Gasteiger partial charge in [-0.25, -0.2) is 0 Å². The lowest BCUT2D eigenvalue weighted by atomic mass is 9.92. The summed E-state index contributed by atoms with van der Waals surface area (Å²) in [5.41, 5.74) is -0.599. The molecule has 1 rings (SSSR count). The van der Waals surface area contributed by atoms with E-state index in [1.165, 1.54) is 11.3 Å². The lowest BCUT2D eigenvalue weighted by molar-refractivity contribution is -0.128. The molecule has 0 saturated carbocycles. The van der Waals surface area contributed by atoms with Crippen molar-refractivity contribution in [2.24, 2.45) is 10.4 Å². The first-order valence-corrected chi connectivity index (χ1v) is 9.23. The summed E-state index contributed by atoms with van der Waals surface area (Å²) in [6, 6.07) is 3.57. The van der Waals surface area contributed by atoms with E-state index >= 15 is 0 Å². The van der Waals surface area contributed by atoms with Crippen molar-refractivity contribution in [3.05, 3.63) is 21.3 Å². The van der Waals surface area contributed by atoms with E-state index in [9.17, 15) is 9.90 Å². The van der Waals surface area contributed by atoms with E-state index in [1.54, 1.807) is 6.07 Å². The fourth-order valence-corrected chi connectivity index (χ4v) is 2.94. The maximum absolute atomic E-state index is 12.0. The Hall–Kier alpha value is -1.31. The van der Waals surface area contributed by atoms with Crippen LogP contribution in [0.25, 0.3) is 0 Å². The van der Waals surface area contributed by atoms with Crippen LogP contribution in [-0.4, -0.2) is 43.2 Å². The number of carbonyl (C=O) groups excluding carboxylic acids is 1. The van der Waals surface area contributed by atoms with E-state index in [0.717, 1.165) is 4.88 Å². The molecule has 136 valence electrons. The molecule has 24 heavy (non-hydrogen) atoms. The van der Waals surface area contributed by atoms with Gasteiger partial charge < -0.3 is 21.1 Å². The zero-order chi connectivity index (χ0) is 18.2. The van der Waals surface area contributed by atoms with Crippen molar-refractivity contribution < 1.29 is 9.90 Å². The van der Waals surface area contributed by atoms with Crippen LogP contribution in [-0.2, 0) is 4.79 Å². The van der Waals surface area contributed by atoms with E-state index in [0.29, 0.717) is 36.5 Å². The van der Waals surface area contributed by atoms with Crippen molar-refractivity contribution >= 4 is 34.8 Å². The Bertz CT molecular complexity index is 560. The van der Waals surface area contributed by atoms with Crippen molar-refractivity contribution in [2.75, 3.05) is 26.2 Å². The van der Waals surface area contributed by atoms with Crippen molar-refractivity contribution in [3.8, 4) is 0 Å². The molecule has 0 aliphatic carbocycles. The monoisotopic (exact) mass is 374 g/mol. The van der Waals surface area contributed by atoms with Gasteiger partial charge in [-0.15, -0.1) is 11.3 Å². The Morgan fingerprint density at radius 1 is 1.29 bits per heavy atom. The first-order valence-electron chi connectivity index (χ1n) is 8.04. The number of aliphatic hydroxyl groups excluding tert-OH is 1. The smallest absolute Gasteiger partial charge is 0.227 e. The van der Waals surface area contributed by atoms with Gasteiger partial charge in [0.2, 0.25) is 5.91 Å². The van der Waals surface area contributed by atoms with Gasteiger partial charge in [0, 0.05) is 24.5 Å². The van der Waals surface area contributed by atoms with E-state index in [2.05, 4.69) is 20.9 Å². The molecule has 0 aromatic carbocycles. The molecule has 0 radical (unpaired) electrons. The summed E-state index contributed by atoms with van der Waals surface area (Å²) >= 11 is 7.24. The summed E-state index contributed by atoms with van der Waals surface area (Å²) in [6.07, 6.45) is -0.664. The highest BCUT2D eigenvalue weighted by atomic mass is 35.5. The molecule has 8 heteroatoms. The Morgan fingerprint density at radius 3 is 2.50 bits per heavy atom. The van der Waals surface area contributed by atoms with Gasteiger partial charge in [0.25, 0.3) is 0 Å². The SMILES string of the molecule is CCNC(=O)C(C)(C)CN=C(NCC)NCC(O)c1ccc(Cl)s1. The van der Waals surface area contributed by atoms with Crippen molar-refractivity contribution in [3.63, 3.8) is 0 Å². The predicted octanol–water partition coefficient (Wildman–Crippen LogP) is 2.15. The first-order chi connectivity index (χ1) is 11.3. The minimum atomic E-state index is -0.664. The molecular weight excluding hydrogens is 348 g/mol. The number of hydrogen-bond acceptors (Lipinski definition) is 4. The molecule has 0 bridgehead atoms. The Labute approximate surface area is 152 Å². The van der Waals surface area contributed by atoms with Gasteiger partial charge in [-0.2, -0.15) is 0 Å². The number of nitrogens with zero attached hydrogens (tertiary/aromatic N) is 1. The number of nitrogens with one attached hydrogen (secondary N) is 3. The van der Waals surface area contributed by atoms with Crippen LogP contribution >= 0.6 is 22.9 Å². The number of amides is 1. The van der Waals surface area contributed by atoms with Crippen molar-refractivity contribution in [1.82, 2.24) is 16.0 Å². The van der Waals surface area contributed by atoms with Gasteiger partial charge >= 0.3 is 0 Å². The second kappa shape index (κ2) is 9.86. The molecule has 1 heterocycles. The summed E-state index contributed by atoms with van der Waals surface area (Å²) < 4.78 is 0.647. The zero-order valence-electron chi connectivity index (χ0n) is 14.6. The van der Waals surface area contributed by atoms with E-state index < -0.39 is 11.5 Å². The Balaban J connectivity index is 2.63. The highest BCUT2D eigenvalue weighted by molar-refractivity contribution is 7.16. The standard InChI is InChI=1S/C16H27ClN4O2S/c1-5-18-14(23)16(3,4)10-21-15(19-6-2)20-9-11(22)12-7-8-13(17)24-12/h7-8,11,22H,5-6,9-10H2,1-4H3,(H,18,23)(H2,19,20,21). The van der Waals surface area contributed by atoms with Crippen LogP contribution in [0.4, 0.5) is 0 Å². The van der Waals surface area contributed by atoms with Crippen LogP contribution in [0.5, 0.6) is 0 Å². The van der Waals surface area contributed by atoms with E-state index in [1.807, 2.05) is 33.8 Å². The van der Waals surface area contributed by atoms with Crippen LogP contribution in [0.1, 0.15) is 38.7 Å². The lowest BCUT2D eigenvalue weighted by Gasteiger charge is -2.22. The number of aliphatic hydroxyl groups is 1. The molecule has 1 aromatic rings. The highest BCUT2D eigenvalue weighted by Gasteiger charge is 2.26. The molecule has 1 amide bonds. The molecule has 1 unspecified atom stereocenters. The quantitative estimate of drug-likeness (QED) is 0.415. The lowest BCUT2D eigenvalue weighted by Crippen LogP contribution is -2.42. The molecule has 0 aliphatic rings. The fraction of sp³-hybridized carbons (Fsp3) is 0.625. The Morgan fingerprint density at radius 2 is 1.96 bits per heavy atom. The van der Waals surface area contributed by atoms with E-state index in [4.69, 9.17) is 11.6 Å². The molecule has 6 nitrogen and oxygen atoms in total. The van der Waals surface area contributed by atoms with Gasteiger partial charge in [-0.05, 0) is 39.8 Å². The van der Waals surface area contributed by atoms with Gasteiger partial charge in [-0.3, -0.25) is 9.79 Å². The minimum Gasteiger partial charge on any atom is -0.386 e. The normalized spacial score (nSPS) is 13.5. The number of carbonyl (C=O) groups is 1. The second-order valence-electron chi connectivity index (χ2n) is 5.98. The van der Waals surface area contributed by atoms with E-state index in [-0.39, 0.29) is 5.91 Å². The van der Waals surface area contributed by atoms with Crippen molar-refractivity contribution in [1.29, 1.82) is 0 Å². The summed E-state index contributed by atoms with van der Waals surface area (Å²) in [5.74, 6) is 0.537. The summed E-state index contributed by atoms with van der Waals surface area (Å²) in [4.78, 5) is 17.3. The third kappa shape index (κ3) is 6.67. The first kappa shape index (κ1) is 20.7. The van der Waals surface area contributed by atoms with Crippen LogP contribution in [0.3, 0.4) is 0 Å². The largest absolute Gasteiger partial charge is 0.386 e. The number of halogens is 1. The molecular formula is C16H27ClN4O2S. The highest BCUT2D eigenvalue weighted by Crippen LogP contribution is 2.26. The average Bonchev–Trinajstić information content (AvgIpc) is 2.96. The Kier molecular flexibility index (Phi) is 8.52. The summed E-state index contributed by atoms with van der Waals surface area (Å²) in [6.45, 7) is 9.50. The molecule has 0 aliphatic heterocycles. The predicted molar refractivity (Wildman–Crippen MR) is 101 cm³/mol. The molecule has 0 saturated heterocycles. The number of aliphatic imine (C=N–C) groups is 1. The van der Waals surface area contributed by atoms with Gasteiger partial charge in [0.1, 0.15) is 6.10 Å². The molecule has 4 N–H and O–H groups in total. The van der Waals surface area contributed by atoms with Crippen LogP contribution in [0.2, 0.25) is 4.34 Å². The summed E-state index contributed by atoms with van der Waals surface area (Å²) in [7, 11) is 0. The third-order valence-electron chi connectivity index (χ3n) is 3.31. The molecule has 1 atom stereocenters. The van der Waals surface area contributed by atoms with Gasteiger partial charge in [-0.1, -0.05) is 11.6 Å². The number of guanidine groups is 1. The molecule has 0 fully saturated rings. The molecule has 1 aromatic heterocycles. The maximum Gasteiger partial charge on any atom is 0.227 e. The van der Waals surface area contributed by atoms with Crippen molar-refractivity contribution in [2.45, 2.75) is 33.8 Å². The summed E-state index contributed by atoms with van der Waals surface area (Å²) in [5, 5.41) is 19.2. The maximum atomic E-state index is 12.0. The zero-order valence-corrected chi connectivity index (χ0v) is 16.2. The van der Waals surface area contributed by atoms with Crippen LogP contribution in [0.15, 0.2) is 17.1 Å². The number of hydrogen-bond donors (Lipinski definition) is 4. The van der Waals surface area contributed by atoms with Crippen LogP contribution < -0.4 is 16.0 Å². The van der Waals surface area contributed by atoms with Crippen LogP contribution in [0, 0.1) is 5.41 Å². The number of rotatable bonds is 8. The third-order valence-corrected chi connectivity index (χ3v) is 4.65. The van der Waals surface area contributed by atoms with Gasteiger partial charge in [0.05, 0.1) is 16.3 Å². The second-order valence-corrected chi connectivity index (χ2v) is 7.72. The molecule has 0 spiro atoms. The average molecular weight is 375 g/mol. The van der Waals surface area contributed by atoms with Gasteiger partial charge in [0.15, 0.2) is 5.96 Å². The topological polar surface area (TPSA) is 85.8 Å². The minimum absolute atomic E-state index is 0.0298.